The summed E-state index contributed by atoms with van der Waals surface area (Å²) in [6.07, 6.45) is 6.45. The van der Waals surface area contributed by atoms with E-state index in [1.165, 1.54) is 12.3 Å². The number of thiazole rings is 1. The molecule has 1 atom stereocenters. The van der Waals surface area contributed by atoms with E-state index in [0.29, 0.717) is 16.6 Å². The molecule has 0 saturated carbocycles. The first-order valence-electron chi connectivity index (χ1n) is 9.90. The summed E-state index contributed by atoms with van der Waals surface area (Å²) in [5.41, 5.74) is 6.09. The van der Waals surface area contributed by atoms with Crippen molar-refractivity contribution in [1.82, 2.24) is 14.8 Å². The Morgan fingerprint density at radius 1 is 1.29 bits per heavy atom. The van der Waals surface area contributed by atoms with Crippen molar-refractivity contribution in [3.05, 3.63) is 52.8 Å². The summed E-state index contributed by atoms with van der Waals surface area (Å²) >= 11 is 1.07. The van der Waals surface area contributed by atoms with Crippen molar-refractivity contribution in [1.29, 1.82) is 0 Å². The van der Waals surface area contributed by atoms with Gasteiger partial charge in [-0.2, -0.15) is 5.10 Å². The van der Waals surface area contributed by atoms with Gasteiger partial charge in [-0.05, 0) is 38.3 Å². The van der Waals surface area contributed by atoms with Crippen LogP contribution >= 0.6 is 11.3 Å². The van der Waals surface area contributed by atoms with Gasteiger partial charge in [0.15, 0.2) is 0 Å². The molecule has 3 N–H and O–H groups in total. The summed E-state index contributed by atoms with van der Waals surface area (Å²) in [5, 5.41) is 6.73. The van der Waals surface area contributed by atoms with Gasteiger partial charge < -0.3 is 15.8 Å². The molecule has 1 aromatic carbocycles. The molecule has 2 aromatic heterocycles. The molecule has 0 aliphatic carbocycles. The fraction of sp³-hybridized carbons (Fsp3) is 0.381. The van der Waals surface area contributed by atoms with Gasteiger partial charge in [-0.15, -0.1) is 11.3 Å². The Hall–Kier alpha value is -2.69. The second-order valence-corrected chi connectivity index (χ2v) is 8.38. The highest BCUT2D eigenvalue weighted by molar-refractivity contribution is 7.15. The maximum atomic E-state index is 13.8. The number of ether oxygens (including phenoxy) is 1. The standard InChI is InChI=1S/C15H12F2N4OS.C6H13NO/c1-8-13(14(22)19-9-6-18-21(2)7-9)20-15(23-8)12-10(16)4-3-5-11(12)17;7-6-2-1-4-8-5-3-6/h3-7H,1-2H3,(H,19,22);6H,1-5,7H2/t;6-/m.1/s1. The molecule has 4 rings (SSSR count). The molecule has 0 radical (unpaired) electrons. The third-order valence-electron chi connectivity index (χ3n) is 4.65. The van der Waals surface area contributed by atoms with Crippen LogP contribution in [-0.2, 0) is 11.8 Å². The molecule has 0 bridgehead atoms. The number of aromatic nitrogens is 3. The Labute approximate surface area is 183 Å². The number of carbonyl (C=O) groups is 1. The SMILES string of the molecule is Cc1sc(-c2c(F)cccc2F)nc1C(=O)Nc1cnn(C)c1.N[C@@H]1CCCOCC1. The Morgan fingerprint density at radius 3 is 2.71 bits per heavy atom. The average molecular weight is 450 g/mol. The predicted molar refractivity (Wildman–Crippen MR) is 116 cm³/mol. The van der Waals surface area contributed by atoms with Crippen molar-refractivity contribution in [2.75, 3.05) is 18.5 Å². The van der Waals surface area contributed by atoms with Crippen molar-refractivity contribution < 1.29 is 18.3 Å². The van der Waals surface area contributed by atoms with Crippen LogP contribution in [0.25, 0.3) is 10.6 Å². The fourth-order valence-electron chi connectivity index (χ4n) is 3.02. The van der Waals surface area contributed by atoms with Crippen molar-refractivity contribution >= 4 is 22.9 Å². The van der Waals surface area contributed by atoms with Crippen LogP contribution in [0.1, 0.15) is 34.6 Å². The van der Waals surface area contributed by atoms with E-state index in [1.54, 1.807) is 24.9 Å². The van der Waals surface area contributed by atoms with Crippen LogP contribution in [-0.4, -0.2) is 39.9 Å². The van der Waals surface area contributed by atoms with E-state index in [2.05, 4.69) is 15.4 Å². The Morgan fingerprint density at radius 2 is 2.03 bits per heavy atom. The molecular weight excluding hydrogens is 424 g/mol. The maximum absolute atomic E-state index is 13.8. The van der Waals surface area contributed by atoms with Crippen LogP contribution in [0.15, 0.2) is 30.6 Å². The minimum Gasteiger partial charge on any atom is -0.381 e. The molecule has 1 aliphatic rings. The van der Waals surface area contributed by atoms with E-state index in [1.807, 2.05) is 0 Å². The number of hydrogen-bond donors (Lipinski definition) is 2. The molecule has 7 nitrogen and oxygen atoms in total. The largest absolute Gasteiger partial charge is 0.381 e. The zero-order valence-corrected chi connectivity index (χ0v) is 18.2. The molecule has 3 heterocycles. The molecule has 3 aromatic rings. The summed E-state index contributed by atoms with van der Waals surface area (Å²) < 4.78 is 34.4. The lowest BCUT2D eigenvalue weighted by molar-refractivity contribution is 0.102. The van der Waals surface area contributed by atoms with Crippen LogP contribution in [0.4, 0.5) is 14.5 Å². The maximum Gasteiger partial charge on any atom is 0.275 e. The first-order valence-corrected chi connectivity index (χ1v) is 10.7. The Bertz CT molecular complexity index is 1010. The summed E-state index contributed by atoms with van der Waals surface area (Å²) in [6.45, 7) is 3.45. The lowest BCUT2D eigenvalue weighted by atomic mass is 10.1. The number of aryl methyl sites for hydroxylation is 2. The Kier molecular flexibility index (Phi) is 7.83. The van der Waals surface area contributed by atoms with E-state index in [-0.39, 0.29) is 16.3 Å². The van der Waals surface area contributed by atoms with E-state index in [9.17, 15) is 13.6 Å². The molecule has 10 heteroatoms. The minimum atomic E-state index is -0.710. The number of rotatable bonds is 3. The van der Waals surface area contributed by atoms with Crippen LogP contribution < -0.4 is 11.1 Å². The van der Waals surface area contributed by atoms with E-state index < -0.39 is 17.5 Å². The topological polar surface area (TPSA) is 95.1 Å². The minimum absolute atomic E-state index is 0.134. The van der Waals surface area contributed by atoms with Crippen molar-refractivity contribution in [2.45, 2.75) is 32.2 Å². The van der Waals surface area contributed by atoms with Crippen molar-refractivity contribution in [2.24, 2.45) is 12.8 Å². The zero-order chi connectivity index (χ0) is 22.4. The number of benzene rings is 1. The number of amides is 1. The number of nitrogens with two attached hydrogens (primary N) is 1. The number of halogens is 2. The van der Waals surface area contributed by atoms with Gasteiger partial charge in [-0.25, -0.2) is 13.8 Å². The molecule has 0 spiro atoms. The highest BCUT2D eigenvalue weighted by Gasteiger charge is 2.21. The summed E-state index contributed by atoms with van der Waals surface area (Å²) in [4.78, 5) is 16.9. The first-order chi connectivity index (χ1) is 14.8. The van der Waals surface area contributed by atoms with Crippen LogP contribution in [0, 0.1) is 18.6 Å². The van der Waals surface area contributed by atoms with Gasteiger partial charge in [-0.3, -0.25) is 9.48 Å². The number of anilines is 1. The van der Waals surface area contributed by atoms with Gasteiger partial charge >= 0.3 is 0 Å². The van der Waals surface area contributed by atoms with Gasteiger partial charge in [-0.1, -0.05) is 6.07 Å². The predicted octanol–water partition coefficient (Wildman–Crippen LogP) is 3.90. The quantitative estimate of drug-likeness (QED) is 0.632. The highest BCUT2D eigenvalue weighted by Crippen LogP contribution is 2.31. The van der Waals surface area contributed by atoms with Gasteiger partial charge in [0.25, 0.3) is 5.91 Å². The van der Waals surface area contributed by atoms with E-state index >= 15 is 0 Å². The number of nitrogens with one attached hydrogen (secondary N) is 1. The second-order valence-electron chi connectivity index (χ2n) is 7.18. The summed E-state index contributed by atoms with van der Waals surface area (Å²) in [5.74, 6) is -1.87. The van der Waals surface area contributed by atoms with Gasteiger partial charge in [0.1, 0.15) is 22.3 Å². The molecule has 1 saturated heterocycles. The van der Waals surface area contributed by atoms with Gasteiger partial charge in [0.2, 0.25) is 0 Å². The lowest BCUT2D eigenvalue weighted by Gasteiger charge is -2.02. The molecule has 31 heavy (non-hydrogen) atoms. The monoisotopic (exact) mass is 449 g/mol. The van der Waals surface area contributed by atoms with Crippen LogP contribution in [0.3, 0.4) is 0 Å². The van der Waals surface area contributed by atoms with Crippen LogP contribution in [0.5, 0.6) is 0 Å². The van der Waals surface area contributed by atoms with Crippen LogP contribution in [0.2, 0.25) is 0 Å². The summed E-state index contributed by atoms with van der Waals surface area (Å²) in [6, 6.07) is 4.00. The molecule has 1 amide bonds. The van der Waals surface area contributed by atoms with Crippen molar-refractivity contribution in [3.63, 3.8) is 0 Å². The normalized spacial score (nSPS) is 16.2. The molecule has 1 fully saturated rings. The number of carbonyl (C=O) groups excluding carboxylic acids is 1. The molecule has 0 unspecified atom stereocenters. The lowest BCUT2D eigenvalue weighted by Crippen LogP contribution is -2.19. The first kappa shape index (κ1) is 23.0. The fourth-order valence-corrected chi connectivity index (χ4v) is 3.98. The number of nitrogens with zero attached hydrogens (tertiary/aromatic N) is 3. The average Bonchev–Trinajstić information content (AvgIpc) is 3.21. The molecule has 1 aliphatic heterocycles. The third kappa shape index (κ3) is 6.16. The van der Waals surface area contributed by atoms with E-state index in [0.717, 1.165) is 55.9 Å². The van der Waals surface area contributed by atoms with Gasteiger partial charge in [0, 0.05) is 37.4 Å². The van der Waals surface area contributed by atoms with Crippen molar-refractivity contribution in [3.8, 4) is 10.6 Å². The highest BCUT2D eigenvalue weighted by atomic mass is 32.1. The second kappa shape index (κ2) is 10.6. The molecule has 166 valence electrons. The zero-order valence-electron chi connectivity index (χ0n) is 17.4. The smallest absolute Gasteiger partial charge is 0.275 e. The third-order valence-corrected chi connectivity index (χ3v) is 5.64. The number of hydrogen-bond acceptors (Lipinski definition) is 6. The van der Waals surface area contributed by atoms with Gasteiger partial charge in [0.05, 0.1) is 17.4 Å². The molecular formula is C21H25F2N5O2S. The Balaban J connectivity index is 0.000000287. The summed E-state index contributed by atoms with van der Waals surface area (Å²) in [7, 11) is 1.73. The van der Waals surface area contributed by atoms with E-state index in [4.69, 9.17) is 10.5 Å².